The highest BCUT2D eigenvalue weighted by atomic mass is 32.2. The van der Waals surface area contributed by atoms with E-state index in [1.807, 2.05) is 0 Å². The molecule has 1 amide bonds. The number of hydrogen-bond acceptors (Lipinski definition) is 6. The Morgan fingerprint density at radius 2 is 2.12 bits per heavy atom. The largest absolute Gasteiger partial charge is 0.416 e. The zero-order valence-corrected chi connectivity index (χ0v) is 15.9. The summed E-state index contributed by atoms with van der Waals surface area (Å²) in [7, 11) is 0. The lowest BCUT2D eigenvalue weighted by molar-refractivity contribution is -0.137. The van der Waals surface area contributed by atoms with Crippen molar-refractivity contribution in [3.63, 3.8) is 0 Å². The van der Waals surface area contributed by atoms with Crippen LogP contribution < -0.4 is 10.6 Å². The van der Waals surface area contributed by atoms with Crippen molar-refractivity contribution in [3.05, 3.63) is 29.8 Å². The van der Waals surface area contributed by atoms with Crippen molar-refractivity contribution < 1.29 is 18.0 Å². The monoisotopic (exact) mass is 404 g/mol. The molecule has 1 aromatic heterocycles. The lowest BCUT2D eigenvalue weighted by Gasteiger charge is -2.12. The van der Waals surface area contributed by atoms with Gasteiger partial charge in [0.2, 0.25) is 11.0 Å². The van der Waals surface area contributed by atoms with Crippen molar-refractivity contribution in [1.82, 2.24) is 10.2 Å². The SMILES string of the molecule is CCCCNc1nnc(SC(C)C(=O)Nc2cccc(C(F)(F)F)c2)s1. The van der Waals surface area contributed by atoms with Crippen LogP contribution in [0.3, 0.4) is 0 Å². The van der Waals surface area contributed by atoms with E-state index in [2.05, 4.69) is 27.8 Å². The molecule has 10 heteroatoms. The number of nitrogens with zero attached hydrogens (tertiary/aromatic N) is 2. The number of unbranched alkanes of at least 4 members (excludes halogenated alkanes) is 1. The maximum absolute atomic E-state index is 12.7. The number of anilines is 2. The van der Waals surface area contributed by atoms with Gasteiger partial charge in [-0.25, -0.2) is 0 Å². The van der Waals surface area contributed by atoms with Gasteiger partial charge in [-0.2, -0.15) is 13.2 Å². The van der Waals surface area contributed by atoms with Gasteiger partial charge in [0.25, 0.3) is 0 Å². The van der Waals surface area contributed by atoms with Crippen molar-refractivity contribution in [1.29, 1.82) is 0 Å². The summed E-state index contributed by atoms with van der Waals surface area (Å²) < 4.78 is 38.8. The van der Waals surface area contributed by atoms with Gasteiger partial charge in [-0.15, -0.1) is 10.2 Å². The molecule has 2 aromatic rings. The average molecular weight is 404 g/mol. The van der Waals surface area contributed by atoms with Crippen LogP contribution in [0.5, 0.6) is 0 Å². The highest BCUT2D eigenvalue weighted by molar-refractivity contribution is 8.02. The Morgan fingerprint density at radius 3 is 2.81 bits per heavy atom. The lowest BCUT2D eigenvalue weighted by Crippen LogP contribution is -2.22. The van der Waals surface area contributed by atoms with E-state index in [4.69, 9.17) is 0 Å². The summed E-state index contributed by atoms with van der Waals surface area (Å²) in [5.41, 5.74) is -0.695. The van der Waals surface area contributed by atoms with Gasteiger partial charge >= 0.3 is 6.18 Å². The van der Waals surface area contributed by atoms with Crippen molar-refractivity contribution in [3.8, 4) is 0 Å². The highest BCUT2D eigenvalue weighted by Crippen LogP contribution is 2.32. The molecule has 0 saturated carbocycles. The van der Waals surface area contributed by atoms with Gasteiger partial charge in [-0.05, 0) is 31.5 Å². The predicted molar refractivity (Wildman–Crippen MR) is 98.7 cm³/mol. The molecular weight excluding hydrogens is 385 g/mol. The molecule has 1 heterocycles. The summed E-state index contributed by atoms with van der Waals surface area (Å²) in [6.07, 6.45) is -2.35. The number of aromatic nitrogens is 2. The summed E-state index contributed by atoms with van der Waals surface area (Å²) in [6.45, 7) is 4.56. The molecule has 1 unspecified atom stereocenters. The van der Waals surface area contributed by atoms with Gasteiger partial charge < -0.3 is 10.6 Å². The van der Waals surface area contributed by atoms with Gasteiger partial charge in [0, 0.05) is 12.2 Å². The van der Waals surface area contributed by atoms with E-state index in [-0.39, 0.29) is 5.69 Å². The number of amides is 1. The zero-order valence-electron chi connectivity index (χ0n) is 14.3. The maximum Gasteiger partial charge on any atom is 0.416 e. The van der Waals surface area contributed by atoms with Gasteiger partial charge in [-0.3, -0.25) is 4.79 Å². The molecule has 2 rings (SSSR count). The number of thioether (sulfide) groups is 1. The van der Waals surface area contributed by atoms with Crippen molar-refractivity contribution in [2.75, 3.05) is 17.2 Å². The number of carbonyl (C=O) groups excluding carboxylic acids is 1. The van der Waals surface area contributed by atoms with E-state index in [0.717, 1.165) is 31.5 Å². The first kappa shape index (κ1) is 20.5. The molecule has 0 aliphatic heterocycles. The molecule has 0 fully saturated rings. The standard InChI is InChI=1S/C16H19F3N4OS2/c1-3-4-8-20-14-22-23-15(26-14)25-10(2)13(24)21-12-7-5-6-11(9-12)16(17,18)19/h5-7,9-10H,3-4,8H2,1-2H3,(H,20,22)(H,21,24). The van der Waals surface area contributed by atoms with Crippen LogP contribution in [0.4, 0.5) is 24.0 Å². The maximum atomic E-state index is 12.7. The summed E-state index contributed by atoms with van der Waals surface area (Å²) in [5.74, 6) is -0.398. The molecule has 0 saturated heterocycles. The van der Waals surface area contributed by atoms with Crippen LogP contribution in [0.25, 0.3) is 0 Å². The number of alkyl halides is 3. The van der Waals surface area contributed by atoms with E-state index in [9.17, 15) is 18.0 Å². The summed E-state index contributed by atoms with van der Waals surface area (Å²) >= 11 is 2.55. The number of rotatable bonds is 8. The molecule has 0 radical (unpaired) electrons. The Kier molecular flexibility index (Phi) is 7.27. The molecule has 1 aromatic carbocycles. The molecule has 0 spiro atoms. The molecule has 0 aliphatic rings. The second kappa shape index (κ2) is 9.22. The fourth-order valence-corrected chi connectivity index (χ4v) is 3.84. The number of hydrogen-bond donors (Lipinski definition) is 2. The van der Waals surface area contributed by atoms with Crippen LogP contribution in [0, 0.1) is 0 Å². The Hall–Kier alpha value is -1.81. The Morgan fingerprint density at radius 1 is 1.35 bits per heavy atom. The second-order valence-corrected chi connectivity index (χ2v) is 8.05. The smallest absolute Gasteiger partial charge is 0.360 e. The Balaban J connectivity index is 1.92. The third kappa shape index (κ3) is 6.17. The van der Waals surface area contributed by atoms with Gasteiger partial charge in [0.05, 0.1) is 10.8 Å². The minimum atomic E-state index is -4.45. The molecule has 142 valence electrons. The quantitative estimate of drug-likeness (QED) is 0.484. The normalized spacial score (nSPS) is 12.7. The second-order valence-electron chi connectivity index (χ2n) is 5.48. The third-order valence-electron chi connectivity index (χ3n) is 3.32. The van der Waals surface area contributed by atoms with Gasteiger partial charge in [-0.1, -0.05) is 42.5 Å². The minimum absolute atomic E-state index is 0.108. The highest BCUT2D eigenvalue weighted by Gasteiger charge is 2.30. The van der Waals surface area contributed by atoms with Crippen LogP contribution in [-0.2, 0) is 11.0 Å². The summed E-state index contributed by atoms with van der Waals surface area (Å²) in [6, 6.07) is 4.55. The van der Waals surface area contributed by atoms with E-state index < -0.39 is 22.9 Å². The lowest BCUT2D eigenvalue weighted by atomic mass is 10.2. The topological polar surface area (TPSA) is 66.9 Å². The molecule has 2 N–H and O–H groups in total. The van der Waals surface area contributed by atoms with Crippen LogP contribution in [0.15, 0.2) is 28.6 Å². The number of nitrogens with one attached hydrogen (secondary N) is 2. The Labute approximate surface area is 157 Å². The first-order chi connectivity index (χ1) is 12.3. The van der Waals surface area contributed by atoms with E-state index in [0.29, 0.717) is 9.47 Å². The number of carbonyl (C=O) groups is 1. The molecular formula is C16H19F3N4OS2. The Bertz CT molecular complexity index is 736. The van der Waals surface area contributed by atoms with Crippen LogP contribution >= 0.6 is 23.1 Å². The van der Waals surface area contributed by atoms with Gasteiger partial charge in [0.1, 0.15) is 0 Å². The zero-order chi connectivity index (χ0) is 19.2. The minimum Gasteiger partial charge on any atom is -0.360 e. The van der Waals surface area contributed by atoms with Crippen LogP contribution in [-0.4, -0.2) is 27.9 Å². The van der Waals surface area contributed by atoms with E-state index in [1.165, 1.54) is 35.2 Å². The van der Waals surface area contributed by atoms with Crippen molar-refractivity contribution >= 4 is 39.8 Å². The molecule has 0 bridgehead atoms. The van der Waals surface area contributed by atoms with Gasteiger partial charge in [0.15, 0.2) is 4.34 Å². The summed E-state index contributed by atoms with van der Waals surface area (Å²) in [4.78, 5) is 12.2. The third-order valence-corrected chi connectivity index (χ3v) is 5.38. The molecule has 5 nitrogen and oxygen atoms in total. The summed E-state index contributed by atoms with van der Waals surface area (Å²) in [5, 5.41) is 13.8. The van der Waals surface area contributed by atoms with Crippen molar-refractivity contribution in [2.45, 2.75) is 42.5 Å². The van der Waals surface area contributed by atoms with E-state index >= 15 is 0 Å². The molecule has 1 atom stereocenters. The first-order valence-corrected chi connectivity index (χ1v) is 9.71. The fraction of sp³-hybridized carbons (Fsp3) is 0.438. The van der Waals surface area contributed by atoms with Crippen LogP contribution in [0.1, 0.15) is 32.3 Å². The number of halogens is 3. The van der Waals surface area contributed by atoms with Crippen molar-refractivity contribution in [2.24, 2.45) is 0 Å². The predicted octanol–water partition coefficient (Wildman–Crippen LogP) is 4.89. The first-order valence-electron chi connectivity index (χ1n) is 8.01. The van der Waals surface area contributed by atoms with E-state index in [1.54, 1.807) is 6.92 Å². The molecule has 0 aliphatic carbocycles. The average Bonchev–Trinajstić information content (AvgIpc) is 3.02. The molecule has 26 heavy (non-hydrogen) atoms. The van der Waals surface area contributed by atoms with Crippen LogP contribution in [0.2, 0.25) is 0 Å². The number of benzene rings is 1. The fourth-order valence-electron chi connectivity index (χ4n) is 1.92.